The van der Waals surface area contributed by atoms with Crippen molar-refractivity contribution in [2.24, 2.45) is 5.10 Å². The molecule has 0 fully saturated rings. The van der Waals surface area contributed by atoms with Crippen LogP contribution in [0.15, 0.2) is 71.8 Å². The lowest BCUT2D eigenvalue weighted by Gasteiger charge is -2.36. The summed E-state index contributed by atoms with van der Waals surface area (Å²) in [5.74, 6) is 1.07. The van der Waals surface area contributed by atoms with E-state index in [0.29, 0.717) is 0 Å². The van der Waals surface area contributed by atoms with E-state index in [-0.39, 0.29) is 11.6 Å². The minimum atomic E-state index is -0.0408. The topological polar surface area (TPSA) is 18.8 Å². The van der Waals surface area contributed by atoms with Crippen molar-refractivity contribution in [2.45, 2.75) is 46.2 Å². The molecule has 1 unspecified atom stereocenters. The van der Waals surface area contributed by atoms with Gasteiger partial charge < -0.3 is 0 Å². The molecule has 146 valence electrons. The highest BCUT2D eigenvalue weighted by molar-refractivity contribution is 6.22. The minimum absolute atomic E-state index is 0.0408. The first-order valence-electron chi connectivity index (χ1n) is 10.5. The summed E-state index contributed by atoms with van der Waals surface area (Å²) in [7, 11) is 0. The van der Waals surface area contributed by atoms with E-state index < -0.39 is 0 Å². The summed E-state index contributed by atoms with van der Waals surface area (Å²) >= 11 is 0. The molecule has 3 aromatic carbocycles. The Balaban J connectivity index is 0.000000882. The van der Waals surface area contributed by atoms with E-state index in [1.807, 2.05) is 13.8 Å². The largest absolute Gasteiger partial charge is 0.300 e. The molecule has 0 radical (unpaired) electrons. The smallest absolute Gasteiger partial charge is 0.163 e. The molecular formula is C26H27N3. The van der Waals surface area contributed by atoms with Gasteiger partial charge in [0, 0.05) is 16.5 Å². The zero-order chi connectivity index (χ0) is 20.3. The number of anilines is 2. The van der Waals surface area contributed by atoms with Crippen molar-refractivity contribution in [2.75, 3.05) is 9.91 Å². The van der Waals surface area contributed by atoms with Gasteiger partial charge in [0.25, 0.3) is 0 Å². The molecule has 0 saturated heterocycles. The molecule has 3 aliphatic rings. The van der Waals surface area contributed by atoms with Gasteiger partial charge >= 0.3 is 0 Å². The molecule has 0 spiro atoms. The number of hydrogen-bond acceptors (Lipinski definition) is 3. The summed E-state index contributed by atoms with van der Waals surface area (Å²) in [6.07, 6.45) is 0.151. The Morgan fingerprint density at radius 2 is 1.45 bits per heavy atom. The van der Waals surface area contributed by atoms with Crippen molar-refractivity contribution in [3.63, 3.8) is 0 Å². The first-order valence-corrected chi connectivity index (χ1v) is 10.5. The van der Waals surface area contributed by atoms with Gasteiger partial charge in [-0.2, -0.15) is 5.10 Å². The van der Waals surface area contributed by atoms with Gasteiger partial charge in [-0.1, -0.05) is 88.4 Å². The molecule has 1 atom stereocenters. The van der Waals surface area contributed by atoms with Gasteiger partial charge in [-0.3, -0.25) is 4.90 Å². The Kier molecular flexibility index (Phi) is 3.86. The highest BCUT2D eigenvalue weighted by atomic mass is 15.6. The van der Waals surface area contributed by atoms with Crippen molar-refractivity contribution in [3.05, 3.63) is 83.4 Å². The zero-order valence-corrected chi connectivity index (χ0v) is 17.8. The fourth-order valence-electron chi connectivity index (χ4n) is 5.07. The number of fused-ring (bicyclic) bond motifs is 3. The molecular weight excluding hydrogens is 354 g/mol. The summed E-state index contributed by atoms with van der Waals surface area (Å²) in [6.45, 7) is 10.9. The highest BCUT2D eigenvalue weighted by Crippen LogP contribution is 2.56. The third kappa shape index (κ3) is 2.21. The number of rotatable bonds is 1. The fourth-order valence-corrected chi connectivity index (χ4v) is 5.07. The first kappa shape index (κ1) is 18.0. The molecule has 3 aliphatic heterocycles. The predicted molar refractivity (Wildman–Crippen MR) is 123 cm³/mol. The Hall–Kier alpha value is -3.07. The van der Waals surface area contributed by atoms with Gasteiger partial charge in [0.1, 0.15) is 6.17 Å². The molecule has 3 heterocycles. The number of para-hydroxylation sites is 2. The number of nitrogens with zero attached hydrogens (tertiary/aromatic N) is 3. The molecule has 29 heavy (non-hydrogen) atoms. The summed E-state index contributed by atoms with van der Waals surface area (Å²) in [6, 6.07) is 24.0. The van der Waals surface area contributed by atoms with Crippen molar-refractivity contribution in [1.82, 2.24) is 0 Å². The van der Waals surface area contributed by atoms with Crippen LogP contribution in [-0.2, 0) is 5.41 Å². The van der Waals surface area contributed by atoms with Crippen LogP contribution < -0.4 is 9.91 Å². The highest BCUT2D eigenvalue weighted by Gasteiger charge is 2.55. The van der Waals surface area contributed by atoms with Gasteiger partial charge in [-0.15, -0.1) is 0 Å². The number of hydrogen-bond donors (Lipinski definition) is 0. The van der Waals surface area contributed by atoms with Crippen LogP contribution in [0.25, 0.3) is 11.1 Å². The van der Waals surface area contributed by atoms with E-state index in [9.17, 15) is 0 Å². The van der Waals surface area contributed by atoms with Crippen LogP contribution in [0.1, 0.15) is 44.4 Å². The average molecular weight is 382 g/mol. The van der Waals surface area contributed by atoms with Crippen molar-refractivity contribution in [1.29, 1.82) is 0 Å². The maximum Gasteiger partial charge on any atom is 0.163 e. The van der Waals surface area contributed by atoms with Crippen LogP contribution in [0.3, 0.4) is 0 Å². The van der Waals surface area contributed by atoms with Crippen LogP contribution in [0.4, 0.5) is 11.4 Å². The number of benzene rings is 3. The van der Waals surface area contributed by atoms with Crippen molar-refractivity contribution in [3.8, 4) is 11.1 Å². The lowest BCUT2D eigenvalue weighted by molar-refractivity contribution is 0.437. The molecule has 0 N–H and O–H groups in total. The average Bonchev–Trinajstić information content (AvgIpc) is 3.26. The molecule has 3 heteroatoms. The summed E-state index contributed by atoms with van der Waals surface area (Å²) in [5.41, 5.74) is 8.97. The van der Waals surface area contributed by atoms with Crippen molar-refractivity contribution < 1.29 is 0 Å². The maximum atomic E-state index is 5.18. The Morgan fingerprint density at radius 3 is 2.21 bits per heavy atom. The van der Waals surface area contributed by atoms with E-state index in [1.54, 1.807) is 0 Å². The lowest BCUT2D eigenvalue weighted by Crippen LogP contribution is -2.49. The quantitative estimate of drug-likeness (QED) is 0.492. The summed E-state index contributed by atoms with van der Waals surface area (Å²) < 4.78 is 0. The SMILES string of the molecule is CC.Cc1ccccc1N1N=C2c3ccccc3-c3cccc4c3N2C1C4(C)C. The normalized spacial score (nSPS) is 19.2. The molecule has 0 aliphatic carbocycles. The molecule has 0 saturated carbocycles. The van der Waals surface area contributed by atoms with Crippen LogP contribution in [0.2, 0.25) is 0 Å². The zero-order valence-electron chi connectivity index (χ0n) is 17.8. The monoisotopic (exact) mass is 381 g/mol. The second-order valence-corrected chi connectivity index (χ2v) is 8.27. The first-order chi connectivity index (χ1) is 14.1. The van der Waals surface area contributed by atoms with E-state index in [1.165, 1.54) is 39.2 Å². The molecule has 6 rings (SSSR count). The fraction of sp³-hybridized carbons (Fsp3) is 0.269. The summed E-state index contributed by atoms with van der Waals surface area (Å²) in [4.78, 5) is 2.47. The molecule has 3 nitrogen and oxygen atoms in total. The molecule has 0 amide bonds. The molecule has 3 aromatic rings. The van der Waals surface area contributed by atoms with E-state index in [4.69, 9.17) is 5.10 Å². The standard InChI is InChI=1S/C24H21N3.C2H6/c1-15-9-4-7-14-20(15)27-23-24(2,3)19-13-8-12-17-16-10-5-6-11-18(16)22(25-27)26(23)21(17)19;1-2/h4-14,23H,1-3H3;1-2H3. The second kappa shape index (κ2) is 6.21. The molecule has 0 aromatic heterocycles. The Morgan fingerprint density at radius 1 is 0.793 bits per heavy atom. The third-order valence-electron chi connectivity index (χ3n) is 6.34. The minimum Gasteiger partial charge on any atom is -0.300 e. The Labute approximate surface area is 173 Å². The Bertz CT molecular complexity index is 1140. The number of aryl methyl sites for hydroxylation is 1. The van der Waals surface area contributed by atoms with E-state index >= 15 is 0 Å². The van der Waals surface area contributed by atoms with Gasteiger partial charge in [-0.25, -0.2) is 5.01 Å². The van der Waals surface area contributed by atoms with Gasteiger partial charge in [-0.05, 0) is 29.7 Å². The van der Waals surface area contributed by atoms with Gasteiger partial charge in [0.05, 0.1) is 11.4 Å². The van der Waals surface area contributed by atoms with Gasteiger partial charge in [0.2, 0.25) is 0 Å². The van der Waals surface area contributed by atoms with Gasteiger partial charge in [0.15, 0.2) is 5.84 Å². The van der Waals surface area contributed by atoms with E-state index in [2.05, 4.69) is 97.4 Å². The van der Waals surface area contributed by atoms with Crippen LogP contribution >= 0.6 is 0 Å². The van der Waals surface area contributed by atoms with E-state index in [0.717, 1.165) is 5.84 Å². The van der Waals surface area contributed by atoms with Crippen LogP contribution in [0, 0.1) is 6.92 Å². The summed E-state index contributed by atoms with van der Waals surface area (Å²) in [5, 5.41) is 7.43. The maximum absolute atomic E-state index is 5.18. The van der Waals surface area contributed by atoms with Crippen molar-refractivity contribution >= 4 is 17.2 Å². The number of hydrazone groups is 1. The second-order valence-electron chi connectivity index (χ2n) is 8.27. The van der Waals surface area contributed by atoms with Crippen LogP contribution in [0.5, 0.6) is 0 Å². The number of amidine groups is 1. The lowest BCUT2D eigenvalue weighted by atomic mass is 9.82. The molecule has 0 bridgehead atoms. The van der Waals surface area contributed by atoms with Crippen LogP contribution in [-0.4, -0.2) is 12.0 Å². The predicted octanol–water partition coefficient (Wildman–Crippen LogP) is 6.31. The third-order valence-corrected chi connectivity index (χ3v) is 6.34.